The fourth-order valence-electron chi connectivity index (χ4n) is 5.80. The summed E-state index contributed by atoms with van der Waals surface area (Å²) in [6, 6.07) is 12.6. The first-order valence-electron chi connectivity index (χ1n) is 13.5. The highest BCUT2D eigenvalue weighted by atomic mass is 79.9. The maximum absolute atomic E-state index is 7.17. The molecule has 184 valence electrons. The fraction of sp³-hybridized carbons (Fsp3) is 0.667. The van der Waals surface area contributed by atoms with Gasteiger partial charge in [0.05, 0.1) is 5.60 Å². The standard InChI is InChI=1S/C30H47BrOSi/c1-7-20-30(21-8-2,32-33(9-3,10-4)11-5)22-14-16-26-15-12-17-27(23-26)29-19-13-18-28(24-31)25(29)6/h12,15,17,23-25,29H,7-11,13,18-22H2,1-6H3/b28-24+/t25-,29-/m0/s1. The molecule has 0 aromatic heterocycles. The molecule has 0 amide bonds. The van der Waals surface area contributed by atoms with E-state index in [0.29, 0.717) is 11.8 Å². The highest BCUT2D eigenvalue weighted by Crippen LogP contribution is 2.41. The molecule has 1 saturated carbocycles. The molecule has 1 aliphatic rings. The number of rotatable bonds is 11. The minimum Gasteiger partial charge on any atom is -0.410 e. The Kier molecular flexibility index (Phi) is 12.0. The van der Waals surface area contributed by atoms with Crippen LogP contribution in [0.4, 0.5) is 0 Å². The van der Waals surface area contributed by atoms with Gasteiger partial charge in [0.25, 0.3) is 0 Å². The maximum atomic E-state index is 7.17. The van der Waals surface area contributed by atoms with Gasteiger partial charge in [-0.3, -0.25) is 0 Å². The predicted octanol–water partition coefficient (Wildman–Crippen LogP) is 9.97. The summed E-state index contributed by atoms with van der Waals surface area (Å²) in [5, 5.41) is 0. The largest absolute Gasteiger partial charge is 0.410 e. The van der Waals surface area contributed by atoms with Gasteiger partial charge in [-0.15, -0.1) is 0 Å². The monoisotopic (exact) mass is 530 g/mol. The molecule has 1 aliphatic carbocycles. The van der Waals surface area contributed by atoms with Crippen LogP contribution in [0.2, 0.25) is 18.1 Å². The zero-order valence-corrected chi connectivity index (χ0v) is 24.7. The lowest BCUT2D eigenvalue weighted by molar-refractivity contribution is 0.0413. The van der Waals surface area contributed by atoms with Crippen LogP contribution in [-0.2, 0) is 4.43 Å². The summed E-state index contributed by atoms with van der Waals surface area (Å²) < 4.78 is 7.17. The summed E-state index contributed by atoms with van der Waals surface area (Å²) in [6.07, 6.45) is 9.15. The van der Waals surface area contributed by atoms with Crippen LogP contribution in [0, 0.1) is 17.8 Å². The quantitative estimate of drug-likeness (QED) is 0.204. The van der Waals surface area contributed by atoms with Gasteiger partial charge < -0.3 is 4.43 Å². The molecule has 0 heterocycles. The van der Waals surface area contributed by atoms with Crippen LogP contribution in [0.15, 0.2) is 34.8 Å². The van der Waals surface area contributed by atoms with Crippen molar-refractivity contribution in [3.05, 3.63) is 46.0 Å². The summed E-state index contributed by atoms with van der Waals surface area (Å²) >= 11 is 3.59. The zero-order chi connectivity index (χ0) is 24.3. The Bertz CT molecular complexity index is 800. The Balaban J connectivity index is 2.26. The SMILES string of the molecule is CCCC(CC#Cc1cccc([C@H]2CCC/C(=C\Br)[C@@H]2C)c1)(CCC)O[Si](CC)(CC)CC. The molecule has 1 aromatic carbocycles. The molecule has 1 fully saturated rings. The Morgan fingerprint density at radius 2 is 1.76 bits per heavy atom. The van der Waals surface area contributed by atoms with Gasteiger partial charge in [-0.1, -0.05) is 99.9 Å². The third-order valence-electron chi connectivity index (χ3n) is 8.04. The first kappa shape index (κ1) is 28.4. The van der Waals surface area contributed by atoms with E-state index >= 15 is 0 Å². The van der Waals surface area contributed by atoms with Gasteiger partial charge in [-0.2, -0.15) is 0 Å². The third kappa shape index (κ3) is 7.58. The van der Waals surface area contributed by atoms with Crippen molar-refractivity contribution in [2.24, 2.45) is 5.92 Å². The first-order chi connectivity index (χ1) is 15.9. The summed E-state index contributed by atoms with van der Waals surface area (Å²) in [5.74, 6) is 8.32. The van der Waals surface area contributed by atoms with E-state index in [4.69, 9.17) is 4.43 Å². The molecule has 0 aliphatic heterocycles. The number of hydrogen-bond donors (Lipinski definition) is 0. The molecule has 1 nitrogen and oxygen atoms in total. The normalized spacial score (nSPS) is 20.5. The lowest BCUT2D eigenvalue weighted by Crippen LogP contribution is -2.47. The van der Waals surface area contributed by atoms with E-state index in [1.807, 2.05) is 0 Å². The van der Waals surface area contributed by atoms with E-state index in [-0.39, 0.29) is 5.60 Å². The van der Waals surface area contributed by atoms with Crippen LogP contribution < -0.4 is 0 Å². The fourth-order valence-corrected chi connectivity index (χ4v) is 9.58. The van der Waals surface area contributed by atoms with Gasteiger partial charge in [0, 0.05) is 12.0 Å². The summed E-state index contributed by atoms with van der Waals surface area (Å²) in [6.45, 7) is 14.0. The van der Waals surface area contributed by atoms with Gasteiger partial charge in [-0.25, -0.2) is 0 Å². The second-order valence-corrected chi connectivity index (χ2v) is 15.3. The highest BCUT2D eigenvalue weighted by Gasteiger charge is 2.39. The van der Waals surface area contributed by atoms with E-state index in [2.05, 4.69) is 98.6 Å². The molecule has 0 spiro atoms. The Hall–Kier alpha value is -0.823. The van der Waals surface area contributed by atoms with Crippen molar-refractivity contribution >= 4 is 24.2 Å². The summed E-state index contributed by atoms with van der Waals surface area (Å²) in [5.41, 5.74) is 4.07. The number of allylic oxidation sites excluding steroid dienone is 1. The van der Waals surface area contributed by atoms with E-state index in [1.165, 1.54) is 43.0 Å². The highest BCUT2D eigenvalue weighted by molar-refractivity contribution is 9.11. The lowest BCUT2D eigenvalue weighted by atomic mass is 9.74. The lowest BCUT2D eigenvalue weighted by Gasteiger charge is -2.42. The summed E-state index contributed by atoms with van der Waals surface area (Å²) in [4.78, 5) is 2.15. The smallest absolute Gasteiger partial charge is 0.192 e. The van der Waals surface area contributed by atoms with Crippen LogP contribution in [-0.4, -0.2) is 13.9 Å². The minimum absolute atomic E-state index is 0.0736. The topological polar surface area (TPSA) is 9.23 Å². The molecule has 3 heteroatoms. The van der Waals surface area contributed by atoms with Gasteiger partial charge in [0.15, 0.2) is 8.32 Å². The van der Waals surface area contributed by atoms with E-state index in [1.54, 1.807) is 5.57 Å². The van der Waals surface area contributed by atoms with Crippen molar-refractivity contribution in [1.82, 2.24) is 0 Å². The molecular weight excluding hydrogens is 484 g/mol. The minimum atomic E-state index is -1.68. The van der Waals surface area contributed by atoms with Crippen LogP contribution in [0.3, 0.4) is 0 Å². The Labute approximate surface area is 214 Å². The summed E-state index contributed by atoms with van der Waals surface area (Å²) in [7, 11) is -1.68. The van der Waals surface area contributed by atoms with Crippen molar-refractivity contribution in [3.63, 3.8) is 0 Å². The second-order valence-electron chi connectivity index (χ2n) is 10.1. The maximum Gasteiger partial charge on any atom is 0.192 e. The Morgan fingerprint density at radius 3 is 2.33 bits per heavy atom. The van der Waals surface area contributed by atoms with E-state index in [9.17, 15) is 0 Å². The number of halogens is 1. The van der Waals surface area contributed by atoms with E-state index in [0.717, 1.165) is 37.7 Å². The average Bonchev–Trinajstić information content (AvgIpc) is 2.83. The molecule has 1 aromatic rings. The van der Waals surface area contributed by atoms with Crippen LogP contribution in [0.5, 0.6) is 0 Å². The van der Waals surface area contributed by atoms with E-state index < -0.39 is 8.32 Å². The predicted molar refractivity (Wildman–Crippen MR) is 152 cm³/mol. The van der Waals surface area contributed by atoms with Crippen LogP contribution in [0.1, 0.15) is 110 Å². The molecular formula is C30H47BrOSi. The van der Waals surface area contributed by atoms with Crippen molar-refractivity contribution in [3.8, 4) is 11.8 Å². The number of benzene rings is 1. The van der Waals surface area contributed by atoms with Gasteiger partial charge >= 0.3 is 0 Å². The molecule has 0 radical (unpaired) electrons. The van der Waals surface area contributed by atoms with Crippen molar-refractivity contribution < 1.29 is 4.43 Å². The molecule has 2 atom stereocenters. The van der Waals surface area contributed by atoms with Gasteiger partial charge in [0.2, 0.25) is 0 Å². The van der Waals surface area contributed by atoms with Crippen molar-refractivity contribution in [1.29, 1.82) is 0 Å². The molecule has 33 heavy (non-hydrogen) atoms. The van der Waals surface area contributed by atoms with Crippen molar-refractivity contribution in [2.45, 2.75) is 123 Å². The van der Waals surface area contributed by atoms with Crippen LogP contribution in [0.25, 0.3) is 0 Å². The molecule has 2 rings (SSSR count). The molecule has 0 bridgehead atoms. The molecule has 0 saturated heterocycles. The third-order valence-corrected chi connectivity index (χ3v) is 13.4. The van der Waals surface area contributed by atoms with Crippen LogP contribution >= 0.6 is 15.9 Å². The number of hydrogen-bond acceptors (Lipinski definition) is 1. The first-order valence-corrected chi connectivity index (χ1v) is 16.9. The zero-order valence-electron chi connectivity index (χ0n) is 22.1. The Morgan fingerprint density at radius 1 is 1.09 bits per heavy atom. The molecule has 0 unspecified atom stereocenters. The van der Waals surface area contributed by atoms with Gasteiger partial charge in [0.1, 0.15) is 0 Å². The average molecular weight is 532 g/mol. The second kappa shape index (κ2) is 13.9. The van der Waals surface area contributed by atoms with Crippen molar-refractivity contribution in [2.75, 3.05) is 0 Å². The molecule has 0 N–H and O–H groups in total. The van der Waals surface area contributed by atoms with Gasteiger partial charge in [-0.05, 0) is 84.8 Å².